The summed E-state index contributed by atoms with van der Waals surface area (Å²) in [5.41, 5.74) is 4.90. The number of nitrogens with zero attached hydrogens (tertiary/aromatic N) is 3. The lowest BCUT2D eigenvalue weighted by Gasteiger charge is -2.29. The lowest BCUT2D eigenvalue weighted by atomic mass is 9.91. The van der Waals surface area contributed by atoms with Crippen molar-refractivity contribution in [1.82, 2.24) is 14.8 Å². The van der Waals surface area contributed by atoms with Gasteiger partial charge in [-0.2, -0.15) is 0 Å². The number of amides is 1. The highest BCUT2D eigenvalue weighted by atomic mass is 32.2. The van der Waals surface area contributed by atoms with Gasteiger partial charge in [0.2, 0.25) is 5.91 Å². The van der Waals surface area contributed by atoms with E-state index in [1.165, 1.54) is 36.7 Å². The van der Waals surface area contributed by atoms with Crippen LogP contribution in [0.25, 0.3) is 11.3 Å². The maximum absolute atomic E-state index is 12.4. The highest BCUT2D eigenvalue weighted by Gasteiger charge is 2.22. The minimum absolute atomic E-state index is 0.0929. The van der Waals surface area contributed by atoms with E-state index in [2.05, 4.69) is 36.2 Å². The molecular weight excluding hydrogens is 542 g/mol. The number of carbonyl (C=O) groups is 1. The van der Waals surface area contributed by atoms with Crippen LogP contribution in [0.3, 0.4) is 0 Å². The van der Waals surface area contributed by atoms with Gasteiger partial charge in [-0.05, 0) is 93.2 Å². The Hall–Kier alpha value is -3.49. The molecule has 1 amide bonds. The van der Waals surface area contributed by atoms with Gasteiger partial charge in [-0.3, -0.25) is 20.6 Å². The molecule has 1 aromatic heterocycles. The number of hydrogen-bond acceptors (Lipinski definition) is 7. The second kappa shape index (κ2) is 13.7. The summed E-state index contributed by atoms with van der Waals surface area (Å²) in [7, 11) is 2.21. The fourth-order valence-electron chi connectivity index (χ4n) is 5.64. The number of benzene rings is 2. The molecule has 5 rings (SSSR count). The molecule has 0 spiro atoms. The van der Waals surface area contributed by atoms with Gasteiger partial charge in [0.1, 0.15) is 16.5 Å². The van der Waals surface area contributed by atoms with Crippen LogP contribution in [-0.2, 0) is 17.8 Å². The SMILES string of the molecule is CC(C)C(=N)SC(=N)c1ccc(Oc2cc(-c3cc(CC4CCCN(C)C4)ccn3)ccc2CN2CCCC2=O)cc1. The number of rotatable bonds is 9. The molecule has 1 atom stereocenters. The highest BCUT2D eigenvalue weighted by molar-refractivity contribution is 8.26. The molecule has 7 nitrogen and oxygen atoms in total. The van der Waals surface area contributed by atoms with E-state index < -0.39 is 0 Å². The molecule has 0 bridgehead atoms. The molecule has 2 aliphatic heterocycles. The molecule has 0 aliphatic carbocycles. The Morgan fingerprint density at radius 2 is 1.88 bits per heavy atom. The van der Waals surface area contributed by atoms with E-state index in [0.717, 1.165) is 48.3 Å². The van der Waals surface area contributed by atoms with E-state index in [9.17, 15) is 4.79 Å². The molecule has 3 heterocycles. The molecule has 2 saturated heterocycles. The zero-order chi connectivity index (χ0) is 29.6. The first-order valence-electron chi connectivity index (χ1n) is 14.9. The van der Waals surface area contributed by atoms with Gasteiger partial charge in [-0.1, -0.05) is 37.7 Å². The summed E-state index contributed by atoms with van der Waals surface area (Å²) in [5, 5.41) is 17.3. The molecule has 3 aromatic rings. The van der Waals surface area contributed by atoms with Gasteiger partial charge in [0.05, 0.1) is 10.7 Å². The molecule has 2 aromatic carbocycles. The Kier molecular flexibility index (Phi) is 9.75. The molecule has 1 unspecified atom stereocenters. The standard InChI is InChI=1S/C34H41N5O2S/c1-23(2)33(35)42-34(36)26-10-12-29(13-11-26)41-31-20-27(8-9-28(31)22-39-17-5-7-32(39)40)30-19-24(14-15-37-30)18-25-6-4-16-38(3)21-25/h8-15,19-20,23,25,35-36H,4-7,16-18,21-22H2,1-3H3. The van der Waals surface area contributed by atoms with Crippen LogP contribution < -0.4 is 4.74 Å². The number of nitrogens with one attached hydrogen (secondary N) is 2. The number of carbonyl (C=O) groups excluding carboxylic acids is 1. The van der Waals surface area contributed by atoms with Crippen molar-refractivity contribution in [1.29, 1.82) is 10.8 Å². The van der Waals surface area contributed by atoms with E-state index in [1.807, 2.05) is 55.3 Å². The smallest absolute Gasteiger partial charge is 0.222 e. The average molecular weight is 584 g/mol. The Labute approximate surface area is 253 Å². The number of piperidine rings is 1. The Morgan fingerprint density at radius 1 is 1.07 bits per heavy atom. The van der Waals surface area contributed by atoms with Crippen LogP contribution in [-0.4, -0.2) is 57.5 Å². The molecule has 2 N–H and O–H groups in total. The van der Waals surface area contributed by atoms with Crippen molar-refractivity contribution < 1.29 is 9.53 Å². The van der Waals surface area contributed by atoms with Crippen molar-refractivity contribution in [2.24, 2.45) is 11.8 Å². The van der Waals surface area contributed by atoms with Gasteiger partial charge in [0.25, 0.3) is 0 Å². The Morgan fingerprint density at radius 3 is 2.60 bits per heavy atom. The number of likely N-dealkylation sites (tertiary alicyclic amines) is 2. The monoisotopic (exact) mass is 583 g/mol. The summed E-state index contributed by atoms with van der Waals surface area (Å²) in [6, 6.07) is 17.9. The number of pyridine rings is 1. The van der Waals surface area contributed by atoms with Crippen LogP contribution in [0.4, 0.5) is 0 Å². The van der Waals surface area contributed by atoms with Gasteiger partial charge < -0.3 is 14.5 Å². The molecule has 2 aliphatic rings. The summed E-state index contributed by atoms with van der Waals surface area (Å²) >= 11 is 1.18. The number of thioether (sulfide) groups is 1. The van der Waals surface area contributed by atoms with Crippen molar-refractivity contribution >= 4 is 27.8 Å². The average Bonchev–Trinajstić information content (AvgIpc) is 3.38. The van der Waals surface area contributed by atoms with Crippen molar-refractivity contribution in [3.05, 3.63) is 77.5 Å². The van der Waals surface area contributed by atoms with E-state index in [4.69, 9.17) is 20.5 Å². The topological polar surface area (TPSA) is 93.4 Å². The van der Waals surface area contributed by atoms with Crippen LogP contribution in [0, 0.1) is 22.7 Å². The largest absolute Gasteiger partial charge is 0.457 e. The molecule has 42 heavy (non-hydrogen) atoms. The second-order valence-corrected chi connectivity index (χ2v) is 12.9. The second-order valence-electron chi connectivity index (χ2n) is 11.8. The lowest BCUT2D eigenvalue weighted by molar-refractivity contribution is -0.128. The van der Waals surface area contributed by atoms with Crippen LogP contribution in [0.2, 0.25) is 0 Å². The Bertz CT molecular complexity index is 1440. The van der Waals surface area contributed by atoms with Crippen LogP contribution in [0.1, 0.15) is 56.2 Å². The zero-order valence-corrected chi connectivity index (χ0v) is 25.7. The molecule has 0 saturated carbocycles. The third-order valence-corrected chi connectivity index (χ3v) is 9.18. The summed E-state index contributed by atoms with van der Waals surface area (Å²) in [4.78, 5) is 21.4. The Balaban J connectivity index is 1.38. The van der Waals surface area contributed by atoms with Gasteiger partial charge in [0, 0.05) is 54.9 Å². The molecule has 2 fully saturated rings. The summed E-state index contributed by atoms with van der Waals surface area (Å²) in [5.74, 6) is 2.30. The minimum Gasteiger partial charge on any atom is -0.457 e. The van der Waals surface area contributed by atoms with Crippen molar-refractivity contribution in [2.75, 3.05) is 26.7 Å². The first kappa shape index (κ1) is 30.0. The predicted molar refractivity (Wildman–Crippen MR) is 172 cm³/mol. The third kappa shape index (κ3) is 7.66. The quantitative estimate of drug-likeness (QED) is 0.205. The maximum atomic E-state index is 12.4. The van der Waals surface area contributed by atoms with E-state index in [0.29, 0.717) is 40.5 Å². The lowest BCUT2D eigenvalue weighted by Crippen LogP contribution is -2.32. The fourth-order valence-corrected chi connectivity index (χ4v) is 6.35. The summed E-state index contributed by atoms with van der Waals surface area (Å²) in [6.07, 6.45) is 6.96. The minimum atomic E-state index is 0.0929. The first-order valence-corrected chi connectivity index (χ1v) is 15.7. The number of hydrogen-bond donors (Lipinski definition) is 2. The first-order chi connectivity index (χ1) is 20.2. The van der Waals surface area contributed by atoms with Gasteiger partial charge in [-0.25, -0.2) is 0 Å². The van der Waals surface area contributed by atoms with Gasteiger partial charge >= 0.3 is 0 Å². The van der Waals surface area contributed by atoms with Crippen LogP contribution in [0.5, 0.6) is 11.5 Å². The summed E-state index contributed by atoms with van der Waals surface area (Å²) in [6.45, 7) is 7.51. The molecule has 0 radical (unpaired) electrons. The molecule has 220 valence electrons. The summed E-state index contributed by atoms with van der Waals surface area (Å²) < 4.78 is 6.44. The highest BCUT2D eigenvalue weighted by Crippen LogP contribution is 2.33. The van der Waals surface area contributed by atoms with E-state index in [-0.39, 0.29) is 11.8 Å². The maximum Gasteiger partial charge on any atom is 0.222 e. The molecule has 8 heteroatoms. The van der Waals surface area contributed by atoms with Crippen LogP contribution in [0.15, 0.2) is 60.8 Å². The number of aromatic nitrogens is 1. The molecular formula is C34H41N5O2S. The van der Waals surface area contributed by atoms with Crippen molar-refractivity contribution in [3.8, 4) is 22.8 Å². The predicted octanol–water partition coefficient (Wildman–Crippen LogP) is 7.24. The van der Waals surface area contributed by atoms with E-state index in [1.54, 1.807) is 0 Å². The normalized spacial score (nSPS) is 17.6. The van der Waals surface area contributed by atoms with Crippen LogP contribution >= 0.6 is 11.8 Å². The van der Waals surface area contributed by atoms with Gasteiger partial charge in [-0.15, -0.1) is 0 Å². The van der Waals surface area contributed by atoms with Crippen molar-refractivity contribution in [3.63, 3.8) is 0 Å². The fraction of sp³-hybridized carbons (Fsp3) is 0.412. The third-order valence-electron chi connectivity index (χ3n) is 8.05. The van der Waals surface area contributed by atoms with Crippen molar-refractivity contribution in [2.45, 2.75) is 52.5 Å². The zero-order valence-electron chi connectivity index (χ0n) is 24.9. The van der Waals surface area contributed by atoms with Gasteiger partial charge in [0.15, 0.2) is 0 Å². The number of ether oxygens (including phenoxy) is 1. The van der Waals surface area contributed by atoms with E-state index >= 15 is 0 Å².